The summed E-state index contributed by atoms with van der Waals surface area (Å²) in [4.78, 5) is 4.15. The minimum Gasteiger partial charge on any atom is -0.491 e. The van der Waals surface area contributed by atoms with Crippen molar-refractivity contribution in [1.29, 1.82) is 0 Å². The van der Waals surface area contributed by atoms with Crippen molar-refractivity contribution in [3.8, 4) is 5.75 Å². The fraction of sp³-hybridized carbons (Fsp3) is 0.429. The minimum absolute atomic E-state index is 0.118. The third-order valence-corrected chi connectivity index (χ3v) is 2.55. The van der Waals surface area contributed by atoms with Crippen LogP contribution in [0.15, 0.2) is 22.7 Å². The Labute approximate surface area is 118 Å². The number of aromatic nitrogens is 2. The molecule has 6 heteroatoms. The van der Waals surface area contributed by atoms with E-state index in [-0.39, 0.29) is 6.10 Å². The molecular weight excluding hydrogens is 256 g/mol. The third kappa shape index (κ3) is 4.15. The highest BCUT2D eigenvalue weighted by Crippen LogP contribution is 2.23. The largest absolute Gasteiger partial charge is 0.491 e. The Bertz CT molecular complexity index is 566. The number of aryl methyl sites for hydroxylation is 1. The zero-order valence-electron chi connectivity index (χ0n) is 12.0. The van der Waals surface area contributed by atoms with Crippen LogP contribution in [-0.2, 0) is 6.42 Å². The van der Waals surface area contributed by atoms with Gasteiger partial charge in [-0.2, -0.15) is 4.98 Å². The summed E-state index contributed by atoms with van der Waals surface area (Å²) in [5, 5.41) is 7.12. The SMILES string of the molecule is Cc1nc(CCNc2cc(N)cc(OC(C)C)c2)no1. The number of rotatable bonds is 6. The maximum Gasteiger partial charge on any atom is 0.223 e. The maximum absolute atomic E-state index is 5.86. The number of nitrogens with two attached hydrogens (primary N) is 1. The molecule has 1 heterocycles. The van der Waals surface area contributed by atoms with E-state index < -0.39 is 0 Å². The Morgan fingerprint density at radius 2 is 2.15 bits per heavy atom. The van der Waals surface area contributed by atoms with Crippen molar-refractivity contribution < 1.29 is 9.26 Å². The lowest BCUT2D eigenvalue weighted by atomic mass is 10.2. The van der Waals surface area contributed by atoms with E-state index in [1.165, 1.54) is 0 Å². The molecule has 6 nitrogen and oxygen atoms in total. The molecule has 20 heavy (non-hydrogen) atoms. The number of ether oxygens (including phenoxy) is 1. The van der Waals surface area contributed by atoms with Crippen molar-refractivity contribution in [2.45, 2.75) is 33.3 Å². The van der Waals surface area contributed by atoms with Crippen LogP contribution >= 0.6 is 0 Å². The van der Waals surface area contributed by atoms with Crippen LogP contribution in [0, 0.1) is 6.92 Å². The first-order valence-corrected chi connectivity index (χ1v) is 6.63. The first kappa shape index (κ1) is 14.2. The predicted octanol–water partition coefficient (Wildman–Crippen LogP) is 2.40. The van der Waals surface area contributed by atoms with Gasteiger partial charge in [0.1, 0.15) is 5.75 Å². The molecule has 0 amide bonds. The second-order valence-electron chi connectivity index (χ2n) is 4.86. The van der Waals surface area contributed by atoms with E-state index in [0.717, 1.165) is 11.4 Å². The molecule has 0 radical (unpaired) electrons. The van der Waals surface area contributed by atoms with Crippen LogP contribution in [0.25, 0.3) is 0 Å². The van der Waals surface area contributed by atoms with Crippen molar-refractivity contribution >= 4 is 11.4 Å². The number of nitrogens with one attached hydrogen (secondary N) is 1. The highest BCUT2D eigenvalue weighted by molar-refractivity contribution is 5.59. The Morgan fingerprint density at radius 1 is 1.35 bits per heavy atom. The Hall–Kier alpha value is -2.24. The van der Waals surface area contributed by atoms with Gasteiger partial charge in [-0.1, -0.05) is 5.16 Å². The van der Waals surface area contributed by atoms with Crippen LogP contribution in [0.1, 0.15) is 25.6 Å². The zero-order valence-corrected chi connectivity index (χ0v) is 12.0. The van der Waals surface area contributed by atoms with Gasteiger partial charge >= 0.3 is 0 Å². The van der Waals surface area contributed by atoms with Gasteiger partial charge in [-0.3, -0.25) is 0 Å². The van der Waals surface area contributed by atoms with E-state index in [1.807, 2.05) is 32.0 Å². The Morgan fingerprint density at radius 3 is 2.80 bits per heavy atom. The molecule has 0 atom stereocenters. The van der Waals surface area contributed by atoms with Crippen LogP contribution in [0.3, 0.4) is 0 Å². The lowest BCUT2D eigenvalue weighted by molar-refractivity contribution is 0.242. The smallest absolute Gasteiger partial charge is 0.223 e. The van der Waals surface area contributed by atoms with Crippen LogP contribution in [0.4, 0.5) is 11.4 Å². The maximum atomic E-state index is 5.86. The summed E-state index contributed by atoms with van der Waals surface area (Å²) in [6, 6.07) is 5.61. The lowest BCUT2D eigenvalue weighted by Crippen LogP contribution is -2.08. The van der Waals surface area contributed by atoms with Gasteiger partial charge in [0.2, 0.25) is 5.89 Å². The summed E-state index contributed by atoms with van der Waals surface area (Å²) in [6.07, 6.45) is 0.805. The second kappa shape index (κ2) is 6.27. The molecule has 108 valence electrons. The molecule has 2 rings (SSSR count). The fourth-order valence-electron chi connectivity index (χ4n) is 1.83. The molecule has 0 saturated heterocycles. The summed E-state index contributed by atoms with van der Waals surface area (Å²) >= 11 is 0. The summed E-state index contributed by atoms with van der Waals surface area (Å²) in [6.45, 7) is 6.44. The van der Waals surface area contributed by atoms with Gasteiger partial charge in [-0.15, -0.1) is 0 Å². The molecule has 0 bridgehead atoms. The number of hydrogen-bond acceptors (Lipinski definition) is 6. The molecule has 0 saturated carbocycles. The van der Waals surface area contributed by atoms with E-state index in [2.05, 4.69) is 15.5 Å². The molecule has 3 N–H and O–H groups in total. The number of anilines is 2. The molecule has 2 aromatic rings. The normalized spacial score (nSPS) is 10.8. The summed E-state index contributed by atoms with van der Waals surface area (Å²) in [5.41, 5.74) is 7.45. The van der Waals surface area contributed by atoms with Crippen molar-refractivity contribution in [2.24, 2.45) is 0 Å². The van der Waals surface area contributed by atoms with Gasteiger partial charge in [0.15, 0.2) is 5.82 Å². The second-order valence-corrected chi connectivity index (χ2v) is 4.86. The molecule has 0 aliphatic heterocycles. The predicted molar refractivity (Wildman–Crippen MR) is 77.8 cm³/mol. The van der Waals surface area contributed by atoms with Crippen LogP contribution in [-0.4, -0.2) is 22.8 Å². The summed E-state index contributed by atoms with van der Waals surface area (Å²) in [7, 11) is 0. The van der Waals surface area contributed by atoms with E-state index in [1.54, 1.807) is 6.92 Å². The molecule has 0 unspecified atom stereocenters. The quantitative estimate of drug-likeness (QED) is 0.788. The van der Waals surface area contributed by atoms with Gasteiger partial charge in [-0.05, 0) is 19.9 Å². The average molecular weight is 276 g/mol. The van der Waals surface area contributed by atoms with Gasteiger partial charge in [0.05, 0.1) is 6.10 Å². The molecule has 0 aliphatic rings. The monoisotopic (exact) mass is 276 g/mol. The zero-order chi connectivity index (χ0) is 14.5. The van der Waals surface area contributed by atoms with Gasteiger partial charge < -0.3 is 20.3 Å². The molecule has 0 spiro atoms. The van der Waals surface area contributed by atoms with E-state index in [4.69, 9.17) is 15.0 Å². The summed E-state index contributed by atoms with van der Waals surface area (Å²) in [5.74, 6) is 2.03. The van der Waals surface area contributed by atoms with Crippen molar-refractivity contribution in [3.05, 3.63) is 29.9 Å². The van der Waals surface area contributed by atoms with Gasteiger partial charge in [-0.25, -0.2) is 0 Å². The molecule has 1 aromatic carbocycles. The first-order valence-electron chi connectivity index (χ1n) is 6.63. The average Bonchev–Trinajstić information content (AvgIpc) is 2.73. The van der Waals surface area contributed by atoms with E-state index in [9.17, 15) is 0 Å². The Balaban J connectivity index is 1.93. The van der Waals surface area contributed by atoms with Crippen molar-refractivity contribution in [3.63, 3.8) is 0 Å². The molecule has 0 aliphatic carbocycles. The highest BCUT2D eigenvalue weighted by Gasteiger charge is 2.04. The minimum atomic E-state index is 0.118. The summed E-state index contributed by atoms with van der Waals surface area (Å²) < 4.78 is 10.6. The van der Waals surface area contributed by atoms with E-state index >= 15 is 0 Å². The Kier molecular flexibility index (Phi) is 4.45. The van der Waals surface area contributed by atoms with E-state index in [0.29, 0.717) is 30.4 Å². The number of nitrogens with zero attached hydrogens (tertiary/aromatic N) is 2. The molecular formula is C14H20N4O2. The van der Waals surface area contributed by atoms with Crippen molar-refractivity contribution in [2.75, 3.05) is 17.6 Å². The first-order chi connectivity index (χ1) is 9.52. The van der Waals surface area contributed by atoms with Gasteiger partial charge in [0, 0.05) is 43.4 Å². The molecule has 1 aromatic heterocycles. The lowest BCUT2D eigenvalue weighted by Gasteiger charge is -2.13. The third-order valence-electron chi connectivity index (χ3n) is 2.55. The van der Waals surface area contributed by atoms with Crippen LogP contribution in [0.2, 0.25) is 0 Å². The van der Waals surface area contributed by atoms with Crippen LogP contribution < -0.4 is 15.8 Å². The molecule has 0 fully saturated rings. The van der Waals surface area contributed by atoms with Gasteiger partial charge in [0.25, 0.3) is 0 Å². The van der Waals surface area contributed by atoms with Crippen LogP contribution in [0.5, 0.6) is 5.75 Å². The number of benzene rings is 1. The fourth-order valence-corrected chi connectivity index (χ4v) is 1.83. The highest BCUT2D eigenvalue weighted by atomic mass is 16.5. The number of hydrogen-bond donors (Lipinski definition) is 2. The number of nitrogen functional groups attached to an aromatic ring is 1. The standard InChI is InChI=1S/C14H20N4O2/c1-9(2)19-13-7-11(15)6-12(8-13)16-5-4-14-17-10(3)20-18-14/h6-9,16H,4-5,15H2,1-3H3. The van der Waals surface area contributed by atoms with Crippen molar-refractivity contribution in [1.82, 2.24) is 10.1 Å². The topological polar surface area (TPSA) is 86.2 Å².